The number of nitrogens with zero attached hydrogens (tertiary/aromatic N) is 3. The van der Waals surface area contributed by atoms with Crippen molar-refractivity contribution >= 4 is 5.97 Å². The standard InChI is InChI=1S/C38H36N4O8/c1-44-32-13-23(14-33(45-2)37(32)46-3)34-27-15-30-31(49-21-48-30)16-28(27)36(29-20-47-38(43)35(29)34)39-17-24-19-42(41-40-24)18-22-8-7-11-26(12-22)50-25-9-5-4-6-10-25/h4-16,19,29,34-36,39H,17-18,20-21H2,1-3H3/t29-,34+,35-,36+/m0/s1. The molecule has 0 radical (unpaired) electrons. The van der Waals surface area contributed by atoms with Gasteiger partial charge in [0.2, 0.25) is 12.5 Å². The Balaban J connectivity index is 1.07. The molecule has 4 aromatic carbocycles. The second-order valence-electron chi connectivity index (χ2n) is 12.4. The quantitative estimate of drug-likeness (QED) is 0.175. The Morgan fingerprint density at radius 3 is 2.32 bits per heavy atom. The number of carbonyl (C=O) groups excluding carboxylic acids is 1. The molecule has 1 fully saturated rings. The van der Waals surface area contributed by atoms with Gasteiger partial charge in [-0.25, -0.2) is 4.68 Å². The Morgan fingerprint density at radius 2 is 1.58 bits per heavy atom. The van der Waals surface area contributed by atoms with Gasteiger partial charge in [-0.15, -0.1) is 5.10 Å². The molecule has 0 saturated carbocycles. The van der Waals surface area contributed by atoms with Crippen LogP contribution in [0.5, 0.6) is 40.2 Å². The van der Waals surface area contributed by atoms with Gasteiger partial charge in [0.1, 0.15) is 11.5 Å². The highest BCUT2D eigenvalue weighted by Crippen LogP contribution is 2.55. The van der Waals surface area contributed by atoms with E-state index >= 15 is 0 Å². The Kier molecular flexibility index (Phi) is 8.37. The van der Waals surface area contributed by atoms with Crippen LogP contribution in [0.25, 0.3) is 0 Å². The number of hydrogen-bond donors (Lipinski definition) is 1. The van der Waals surface area contributed by atoms with Crippen LogP contribution < -0.4 is 33.7 Å². The van der Waals surface area contributed by atoms with Crippen molar-refractivity contribution in [1.82, 2.24) is 20.3 Å². The van der Waals surface area contributed by atoms with E-state index in [0.29, 0.717) is 41.8 Å². The molecular formula is C38H36N4O8. The van der Waals surface area contributed by atoms with Gasteiger partial charge in [0, 0.05) is 24.4 Å². The number of benzene rings is 4. The first-order valence-electron chi connectivity index (χ1n) is 16.4. The van der Waals surface area contributed by atoms with E-state index in [2.05, 4.69) is 15.6 Å². The van der Waals surface area contributed by atoms with Crippen molar-refractivity contribution in [2.45, 2.75) is 25.0 Å². The zero-order valence-electron chi connectivity index (χ0n) is 27.8. The highest BCUT2D eigenvalue weighted by atomic mass is 16.7. The van der Waals surface area contributed by atoms with Crippen LogP contribution in [0.1, 0.15) is 39.9 Å². The van der Waals surface area contributed by atoms with Gasteiger partial charge < -0.3 is 38.5 Å². The van der Waals surface area contributed by atoms with Crippen molar-refractivity contribution in [2.75, 3.05) is 34.7 Å². The molecule has 2 aliphatic heterocycles. The summed E-state index contributed by atoms with van der Waals surface area (Å²) in [5.74, 6) is 3.02. The molecule has 1 N–H and O–H groups in total. The van der Waals surface area contributed by atoms with Crippen molar-refractivity contribution in [1.29, 1.82) is 0 Å². The van der Waals surface area contributed by atoms with Gasteiger partial charge in [-0.05, 0) is 70.8 Å². The molecule has 1 aliphatic carbocycles. The minimum absolute atomic E-state index is 0.129. The van der Waals surface area contributed by atoms with Gasteiger partial charge in [-0.1, -0.05) is 35.5 Å². The average molecular weight is 677 g/mol. The molecule has 50 heavy (non-hydrogen) atoms. The van der Waals surface area contributed by atoms with Crippen LogP contribution in [0.15, 0.2) is 85.1 Å². The zero-order chi connectivity index (χ0) is 34.2. The summed E-state index contributed by atoms with van der Waals surface area (Å²) in [5, 5.41) is 12.5. The number of esters is 1. The maximum atomic E-state index is 13.6. The van der Waals surface area contributed by atoms with Crippen molar-refractivity contribution in [3.8, 4) is 40.2 Å². The first kappa shape index (κ1) is 31.5. The molecule has 5 aromatic rings. The highest BCUT2D eigenvalue weighted by Gasteiger charge is 2.52. The molecule has 256 valence electrons. The monoisotopic (exact) mass is 676 g/mol. The van der Waals surface area contributed by atoms with Crippen molar-refractivity contribution in [2.24, 2.45) is 11.8 Å². The number of cyclic esters (lactones) is 1. The normalized spacial score (nSPS) is 20.1. The van der Waals surface area contributed by atoms with Gasteiger partial charge in [0.15, 0.2) is 23.0 Å². The summed E-state index contributed by atoms with van der Waals surface area (Å²) in [6.45, 7) is 1.34. The Bertz CT molecular complexity index is 2010. The molecule has 0 spiro atoms. The summed E-state index contributed by atoms with van der Waals surface area (Å²) in [4.78, 5) is 13.6. The van der Waals surface area contributed by atoms with E-state index in [1.807, 2.05) is 85.1 Å². The van der Waals surface area contributed by atoms with E-state index in [1.165, 1.54) is 0 Å². The maximum absolute atomic E-state index is 13.6. The summed E-state index contributed by atoms with van der Waals surface area (Å²) in [6, 6.07) is 25.2. The molecular weight excluding hydrogens is 640 g/mol. The molecule has 3 heterocycles. The number of rotatable bonds is 11. The average Bonchev–Trinajstić information content (AvgIpc) is 3.89. The van der Waals surface area contributed by atoms with Crippen LogP contribution in [0.4, 0.5) is 0 Å². The van der Waals surface area contributed by atoms with Crippen LogP contribution in [0.3, 0.4) is 0 Å². The zero-order valence-corrected chi connectivity index (χ0v) is 27.8. The van der Waals surface area contributed by atoms with E-state index < -0.39 is 5.92 Å². The van der Waals surface area contributed by atoms with Crippen molar-refractivity contribution in [3.05, 3.63) is 113 Å². The maximum Gasteiger partial charge on any atom is 0.310 e. The smallest absolute Gasteiger partial charge is 0.310 e. The summed E-state index contributed by atoms with van der Waals surface area (Å²) in [5.41, 5.74) is 4.56. The SMILES string of the molecule is COc1cc([C@@H]2c3cc4c(cc3[C@@H](NCc3cn(Cc5cccc(Oc6ccccc6)c5)nn3)[C@H]3COC(=O)[C@H]23)OCO4)cc(OC)c1OC. The summed E-state index contributed by atoms with van der Waals surface area (Å²) in [6.07, 6.45) is 1.92. The van der Waals surface area contributed by atoms with Gasteiger partial charge in [0.05, 0.1) is 52.3 Å². The second kappa shape index (κ2) is 13.3. The molecule has 0 unspecified atom stereocenters. The summed E-state index contributed by atoms with van der Waals surface area (Å²) in [7, 11) is 4.72. The summed E-state index contributed by atoms with van der Waals surface area (Å²) >= 11 is 0. The fourth-order valence-electron chi connectivity index (χ4n) is 7.34. The lowest BCUT2D eigenvalue weighted by atomic mass is 9.65. The first-order valence-corrected chi connectivity index (χ1v) is 16.4. The van der Waals surface area contributed by atoms with Crippen molar-refractivity contribution < 1.29 is 38.0 Å². The molecule has 1 aromatic heterocycles. The number of fused-ring (bicyclic) bond motifs is 3. The number of para-hydroxylation sites is 1. The fraction of sp³-hybridized carbons (Fsp3) is 0.289. The predicted molar refractivity (Wildman–Crippen MR) is 180 cm³/mol. The third kappa shape index (κ3) is 5.81. The van der Waals surface area contributed by atoms with E-state index in [-0.39, 0.29) is 37.2 Å². The molecule has 1 saturated heterocycles. The summed E-state index contributed by atoms with van der Waals surface area (Å²) < 4.78 is 42.2. The number of methoxy groups -OCH3 is 3. The Hall–Kier alpha value is -5.75. The van der Waals surface area contributed by atoms with Gasteiger partial charge in [0.25, 0.3) is 0 Å². The molecule has 0 bridgehead atoms. The first-order chi connectivity index (χ1) is 24.5. The fourth-order valence-corrected chi connectivity index (χ4v) is 7.34. The lowest BCUT2D eigenvalue weighted by Crippen LogP contribution is -2.40. The van der Waals surface area contributed by atoms with E-state index in [1.54, 1.807) is 26.0 Å². The third-order valence-corrected chi connectivity index (χ3v) is 9.54. The number of ether oxygens (including phenoxy) is 7. The van der Waals surface area contributed by atoms with Crippen LogP contribution >= 0.6 is 0 Å². The van der Waals surface area contributed by atoms with Gasteiger partial charge in [-0.3, -0.25) is 4.79 Å². The van der Waals surface area contributed by atoms with Crippen LogP contribution in [-0.4, -0.2) is 55.7 Å². The number of hydrogen-bond acceptors (Lipinski definition) is 11. The molecule has 12 nitrogen and oxygen atoms in total. The second-order valence-corrected chi connectivity index (χ2v) is 12.4. The molecule has 0 amide bonds. The number of carbonyl (C=O) groups is 1. The lowest BCUT2D eigenvalue weighted by molar-refractivity contribution is -0.141. The molecule has 3 aliphatic rings. The highest BCUT2D eigenvalue weighted by molar-refractivity contribution is 5.79. The Labute approximate surface area is 288 Å². The van der Waals surface area contributed by atoms with Gasteiger partial charge >= 0.3 is 5.97 Å². The van der Waals surface area contributed by atoms with Crippen LogP contribution in [0.2, 0.25) is 0 Å². The van der Waals surface area contributed by atoms with Crippen LogP contribution in [0, 0.1) is 11.8 Å². The number of aromatic nitrogens is 3. The Morgan fingerprint density at radius 1 is 0.840 bits per heavy atom. The molecule has 8 rings (SSSR count). The molecule has 12 heteroatoms. The molecule has 4 atom stereocenters. The number of nitrogens with one attached hydrogen (secondary N) is 1. The van der Waals surface area contributed by atoms with Gasteiger partial charge in [-0.2, -0.15) is 0 Å². The predicted octanol–water partition coefficient (Wildman–Crippen LogP) is 5.64. The van der Waals surface area contributed by atoms with Crippen molar-refractivity contribution in [3.63, 3.8) is 0 Å². The third-order valence-electron chi connectivity index (χ3n) is 9.54. The topological polar surface area (TPSA) is 124 Å². The minimum Gasteiger partial charge on any atom is -0.493 e. The lowest BCUT2D eigenvalue weighted by Gasteiger charge is -2.39. The van der Waals surface area contributed by atoms with E-state index in [0.717, 1.165) is 39.4 Å². The minimum atomic E-state index is -0.482. The van der Waals surface area contributed by atoms with E-state index in [9.17, 15) is 4.79 Å². The van der Waals surface area contributed by atoms with Crippen LogP contribution in [-0.2, 0) is 22.6 Å². The van der Waals surface area contributed by atoms with E-state index in [4.69, 9.17) is 33.2 Å². The largest absolute Gasteiger partial charge is 0.493 e.